The van der Waals surface area contributed by atoms with E-state index >= 15 is 0 Å². The first-order valence-electron chi connectivity index (χ1n) is 11.4. The summed E-state index contributed by atoms with van der Waals surface area (Å²) in [5.74, 6) is 1.05. The highest BCUT2D eigenvalue weighted by Crippen LogP contribution is 2.28. The van der Waals surface area contributed by atoms with Crippen LogP contribution in [0.15, 0.2) is 35.1 Å². The van der Waals surface area contributed by atoms with E-state index in [1.165, 1.54) is 17.2 Å². The van der Waals surface area contributed by atoms with E-state index in [2.05, 4.69) is 29.4 Å². The van der Waals surface area contributed by atoms with Gasteiger partial charge in [0.05, 0.1) is 5.56 Å². The second-order valence-corrected chi connectivity index (χ2v) is 8.13. The Hall–Kier alpha value is -2.93. The van der Waals surface area contributed by atoms with Gasteiger partial charge >= 0.3 is 0 Å². The predicted molar refractivity (Wildman–Crippen MR) is 136 cm³/mol. The minimum atomic E-state index is -0.324. The third kappa shape index (κ3) is 5.65. The summed E-state index contributed by atoms with van der Waals surface area (Å²) in [5, 5.41) is 10.7. The lowest BCUT2D eigenvalue weighted by molar-refractivity contribution is 0.0607. The Bertz CT molecular complexity index is 1010. The Balaban J connectivity index is 0.00000265. The van der Waals surface area contributed by atoms with E-state index in [9.17, 15) is 9.59 Å². The van der Waals surface area contributed by atoms with E-state index in [4.69, 9.17) is 11.1 Å². The van der Waals surface area contributed by atoms with Crippen molar-refractivity contribution in [1.82, 2.24) is 9.88 Å². The first-order valence-corrected chi connectivity index (χ1v) is 11.4. The summed E-state index contributed by atoms with van der Waals surface area (Å²) in [4.78, 5) is 30.3. The molecule has 0 spiro atoms. The van der Waals surface area contributed by atoms with Gasteiger partial charge in [0.25, 0.3) is 5.91 Å². The zero-order valence-corrected chi connectivity index (χ0v) is 19.9. The number of benzene rings is 1. The molecule has 5 N–H and O–H groups in total. The van der Waals surface area contributed by atoms with Crippen molar-refractivity contribution in [3.63, 3.8) is 0 Å². The van der Waals surface area contributed by atoms with Gasteiger partial charge in [-0.05, 0) is 42.7 Å². The largest absolute Gasteiger partial charge is 0.374 e. The quantitative estimate of drug-likeness (QED) is 0.503. The Morgan fingerprint density at radius 2 is 1.97 bits per heavy atom. The first kappa shape index (κ1) is 25.3. The summed E-state index contributed by atoms with van der Waals surface area (Å²) in [6.07, 6.45) is 1.87. The van der Waals surface area contributed by atoms with Gasteiger partial charge in [-0.1, -0.05) is 45.0 Å². The van der Waals surface area contributed by atoms with E-state index in [1.807, 2.05) is 30.9 Å². The van der Waals surface area contributed by atoms with Crippen LogP contribution in [0.2, 0.25) is 0 Å². The molecule has 32 heavy (non-hydrogen) atoms. The number of carbonyl (C=O) groups is 1. The lowest BCUT2D eigenvalue weighted by atomic mass is 9.81. The normalized spacial score (nSPS) is 17.9. The Kier molecular flexibility index (Phi) is 9.20. The van der Waals surface area contributed by atoms with E-state index in [0.717, 1.165) is 12.8 Å². The van der Waals surface area contributed by atoms with Crippen molar-refractivity contribution >= 4 is 17.4 Å². The molecule has 1 aliphatic heterocycles. The van der Waals surface area contributed by atoms with Gasteiger partial charge in [-0.2, -0.15) is 0 Å². The monoisotopic (exact) mass is 443 g/mol. The molecule has 1 amide bonds. The van der Waals surface area contributed by atoms with Gasteiger partial charge in [0.2, 0.25) is 0 Å². The van der Waals surface area contributed by atoms with Crippen molar-refractivity contribution in [1.29, 1.82) is 5.41 Å². The van der Waals surface area contributed by atoms with E-state index in [-0.39, 0.29) is 31.2 Å². The lowest BCUT2D eigenvalue weighted by Crippen LogP contribution is -2.44. The SMILES string of the molecule is CC.CNc1[nH]c(C(=O)N2CCC(Cc3ccccc3CN)[C@H](C)C2)cc(=O)c1C(C)=N.[HH].[HH]. The molecule has 0 saturated carbocycles. The van der Waals surface area contributed by atoms with Crippen LogP contribution in [0.4, 0.5) is 5.82 Å². The molecule has 0 bridgehead atoms. The van der Waals surface area contributed by atoms with Crippen LogP contribution in [0.25, 0.3) is 0 Å². The van der Waals surface area contributed by atoms with E-state index in [0.29, 0.717) is 37.3 Å². The van der Waals surface area contributed by atoms with Crippen molar-refractivity contribution in [3.8, 4) is 0 Å². The average Bonchev–Trinajstić information content (AvgIpc) is 2.80. The van der Waals surface area contributed by atoms with Crippen LogP contribution in [0, 0.1) is 17.2 Å². The second kappa shape index (κ2) is 11.6. The fourth-order valence-electron chi connectivity index (χ4n) is 4.33. The summed E-state index contributed by atoms with van der Waals surface area (Å²) >= 11 is 0. The number of nitrogens with two attached hydrogens (primary N) is 1. The van der Waals surface area contributed by atoms with Crippen molar-refractivity contribution in [3.05, 3.63) is 62.9 Å². The van der Waals surface area contributed by atoms with Gasteiger partial charge in [0.15, 0.2) is 5.43 Å². The van der Waals surface area contributed by atoms with Gasteiger partial charge in [0.1, 0.15) is 11.5 Å². The first-order chi connectivity index (χ1) is 15.3. The zero-order chi connectivity index (χ0) is 23.8. The van der Waals surface area contributed by atoms with Gasteiger partial charge in [-0.3, -0.25) is 9.59 Å². The molecule has 1 unspecified atom stereocenters. The number of anilines is 1. The number of amides is 1. The molecule has 2 aromatic rings. The summed E-state index contributed by atoms with van der Waals surface area (Å²) in [6, 6.07) is 9.59. The summed E-state index contributed by atoms with van der Waals surface area (Å²) in [6.45, 7) is 9.58. The highest BCUT2D eigenvalue weighted by molar-refractivity contribution is 6.01. The third-order valence-electron chi connectivity index (χ3n) is 6.08. The lowest BCUT2D eigenvalue weighted by Gasteiger charge is -2.37. The number of hydrogen-bond donors (Lipinski definition) is 4. The van der Waals surface area contributed by atoms with Crippen LogP contribution < -0.4 is 16.5 Å². The summed E-state index contributed by atoms with van der Waals surface area (Å²) in [5.41, 5.74) is 8.71. The van der Waals surface area contributed by atoms with Crippen LogP contribution in [-0.2, 0) is 13.0 Å². The molecule has 2 heterocycles. The van der Waals surface area contributed by atoms with Gasteiger partial charge in [-0.15, -0.1) is 0 Å². The number of pyridine rings is 1. The Morgan fingerprint density at radius 3 is 2.53 bits per heavy atom. The molecule has 1 aromatic carbocycles. The van der Waals surface area contributed by atoms with Crippen LogP contribution in [0.5, 0.6) is 0 Å². The molecule has 0 radical (unpaired) electrons. The molecule has 7 nitrogen and oxygen atoms in total. The van der Waals surface area contributed by atoms with Crippen LogP contribution in [-0.4, -0.2) is 41.6 Å². The smallest absolute Gasteiger partial charge is 0.270 e. The van der Waals surface area contributed by atoms with Crippen molar-refractivity contribution in [2.24, 2.45) is 17.6 Å². The highest BCUT2D eigenvalue weighted by atomic mass is 16.2. The van der Waals surface area contributed by atoms with Crippen LogP contribution >= 0.6 is 0 Å². The fourth-order valence-corrected chi connectivity index (χ4v) is 4.33. The minimum absolute atomic E-state index is 0. The minimum Gasteiger partial charge on any atom is -0.374 e. The molecular formula is C25H41N5O2. The Morgan fingerprint density at radius 1 is 1.31 bits per heavy atom. The standard InChI is InChI=1S/C23H31N5O2.C2H6.2H2/c1-14-13-28(9-8-16(14)10-17-6-4-5-7-18(17)12-24)23(30)19-11-20(29)21(15(2)25)22(26-3)27-19;1-2;;/h4-7,11,14,16,25H,8-10,12-13,24H2,1-3H3,(H2,26,27,29);1-2H3;2*1H/t14-,16?;;;/m1.../s1. The van der Waals surface area contributed by atoms with Crippen molar-refractivity contribution < 1.29 is 7.65 Å². The van der Waals surface area contributed by atoms with Crippen LogP contribution in [0.3, 0.4) is 0 Å². The second-order valence-electron chi connectivity index (χ2n) is 8.13. The number of aromatic amines is 1. The number of rotatable bonds is 6. The van der Waals surface area contributed by atoms with Gasteiger partial charge in [-0.25, -0.2) is 0 Å². The fraction of sp³-hybridized carbons (Fsp3) is 0.480. The number of hydrogen-bond acceptors (Lipinski definition) is 5. The molecule has 1 fully saturated rings. The zero-order valence-electron chi connectivity index (χ0n) is 19.9. The van der Waals surface area contributed by atoms with E-state index < -0.39 is 0 Å². The maximum absolute atomic E-state index is 13.1. The maximum atomic E-state index is 13.1. The highest BCUT2D eigenvalue weighted by Gasteiger charge is 2.30. The number of nitrogens with zero attached hydrogens (tertiary/aromatic N) is 1. The molecule has 1 aromatic heterocycles. The van der Waals surface area contributed by atoms with Crippen LogP contribution in [0.1, 0.15) is 64.1 Å². The average molecular weight is 444 g/mol. The molecule has 178 valence electrons. The van der Waals surface area contributed by atoms with Crippen molar-refractivity contribution in [2.75, 3.05) is 25.5 Å². The topological polar surface area (TPSA) is 115 Å². The molecule has 7 heteroatoms. The molecule has 1 saturated heterocycles. The predicted octanol–water partition coefficient (Wildman–Crippen LogP) is 4.12. The molecule has 0 aliphatic carbocycles. The number of nitrogens with one attached hydrogen (secondary N) is 3. The van der Waals surface area contributed by atoms with Gasteiger partial charge < -0.3 is 26.3 Å². The maximum Gasteiger partial charge on any atom is 0.270 e. The van der Waals surface area contributed by atoms with Gasteiger partial charge in [0, 0.05) is 41.3 Å². The summed E-state index contributed by atoms with van der Waals surface area (Å²) < 4.78 is 0. The summed E-state index contributed by atoms with van der Waals surface area (Å²) in [7, 11) is 1.67. The Labute approximate surface area is 193 Å². The molecule has 2 atom stereocenters. The number of H-pyrrole nitrogens is 1. The number of carbonyl (C=O) groups excluding carboxylic acids is 1. The number of aromatic nitrogens is 1. The third-order valence-corrected chi connectivity index (χ3v) is 6.08. The molecule has 3 rings (SSSR count). The van der Waals surface area contributed by atoms with E-state index in [1.54, 1.807) is 14.0 Å². The number of piperidine rings is 1. The van der Waals surface area contributed by atoms with Crippen molar-refractivity contribution in [2.45, 2.75) is 47.1 Å². The molecule has 1 aliphatic rings. The number of likely N-dealkylation sites (tertiary alicyclic amines) is 1. The molecular weight excluding hydrogens is 402 g/mol.